The van der Waals surface area contributed by atoms with Crippen molar-refractivity contribution in [3.05, 3.63) is 65.4 Å². The van der Waals surface area contributed by atoms with Crippen molar-refractivity contribution in [2.24, 2.45) is 0 Å². The van der Waals surface area contributed by atoms with E-state index in [2.05, 4.69) is 37.0 Å². The predicted molar refractivity (Wildman–Crippen MR) is 123 cm³/mol. The molecule has 0 radical (unpaired) electrons. The molecule has 8 nitrogen and oxygen atoms in total. The average Bonchev–Trinajstić information content (AvgIpc) is 3.23. The summed E-state index contributed by atoms with van der Waals surface area (Å²) in [7, 11) is 3.35. The SMILES string of the molecule is COCCNc1nccc(-c2cc3n(c2)C[C@H](COC)N(Cc2cc(F)ccc2CO)C3)n1. The Bertz CT molecular complexity index is 1070. The number of hydrogen-bond acceptors (Lipinski definition) is 7. The molecule has 1 aliphatic heterocycles. The molecule has 0 aliphatic carbocycles. The number of nitrogens with zero attached hydrogens (tertiary/aromatic N) is 4. The van der Waals surface area contributed by atoms with E-state index in [9.17, 15) is 9.50 Å². The number of methoxy groups -OCH3 is 2. The molecule has 0 amide bonds. The lowest BCUT2D eigenvalue weighted by atomic mass is 10.1. The molecule has 33 heavy (non-hydrogen) atoms. The van der Waals surface area contributed by atoms with Crippen molar-refractivity contribution >= 4 is 5.95 Å². The highest BCUT2D eigenvalue weighted by atomic mass is 19.1. The zero-order valence-electron chi connectivity index (χ0n) is 19.0. The Balaban J connectivity index is 1.56. The van der Waals surface area contributed by atoms with E-state index in [1.54, 1.807) is 26.5 Å². The lowest BCUT2D eigenvalue weighted by Crippen LogP contribution is -2.44. The number of hydrogen-bond donors (Lipinski definition) is 2. The molecule has 0 fully saturated rings. The monoisotopic (exact) mass is 455 g/mol. The summed E-state index contributed by atoms with van der Waals surface area (Å²) in [6.45, 7) is 3.61. The second kappa shape index (κ2) is 10.8. The van der Waals surface area contributed by atoms with Crippen LogP contribution in [0.1, 0.15) is 16.8 Å². The number of ether oxygens (including phenoxy) is 2. The Morgan fingerprint density at radius 2 is 2.06 bits per heavy atom. The van der Waals surface area contributed by atoms with Gasteiger partial charge in [-0.05, 0) is 35.4 Å². The highest BCUT2D eigenvalue weighted by molar-refractivity contribution is 5.60. The summed E-state index contributed by atoms with van der Waals surface area (Å²) >= 11 is 0. The Kier molecular flexibility index (Phi) is 7.66. The van der Waals surface area contributed by atoms with Crippen LogP contribution in [0.4, 0.5) is 10.3 Å². The molecule has 176 valence electrons. The van der Waals surface area contributed by atoms with Gasteiger partial charge < -0.3 is 24.5 Å². The molecule has 0 saturated carbocycles. The van der Waals surface area contributed by atoms with E-state index >= 15 is 0 Å². The molecule has 0 spiro atoms. The lowest BCUT2D eigenvalue weighted by Gasteiger charge is -2.36. The number of aliphatic hydroxyl groups is 1. The van der Waals surface area contributed by atoms with Crippen molar-refractivity contribution < 1.29 is 19.0 Å². The van der Waals surface area contributed by atoms with Crippen molar-refractivity contribution in [3.8, 4) is 11.3 Å². The molecule has 0 unspecified atom stereocenters. The maximum atomic E-state index is 13.9. The number of benzene rings is 1. The summed E-state index contributed by atoms with van der Waals surface area (Å²) in [5.41, 5.74) is 4.54. The number of anilines is 1. The van der Waals surface area contributed by atoms with E-state index in [-0.39, 0.29) is 18.5 Å². The molecule has 4 rings (SSSR count). The zero-order chi connectivity index (χ0) is 23.2. The van der Waals surface area contributed by atoms with Crippen LogP contribution < -0.4 is 5.32 Å². The van der Waals surface area contributed by atoms with Crippen LogP contribution in [0, 0.1) is 5.82 Å². The summed E-state index contributed by atoms with van der Waals surface area (Å²) in [6, 6.07) is 8.69. The molecular formula is C24H30FN5O3. The number of halogens is 1. The molecule has 1 atom stereocenters. The number of fused-ring (bicyclic) bond motifs is 1. The van der Waals surface area contributed by atoms with Gasteiger partial charge in [-0.3, -0.25) is 4.90 Å². The minimum Gasteiger partial charge on any atom is -0.392 e. The van der Waals surface area contributed by atoms with Gasteiger partial charge in [0.25, 0.3) is 0 Å². The van der Waals surface area contributed by atoms with E-state index in [1.165, 1.54) is 12.1 Å². The van der Waals surface area contributed by atoms with Gasteiger partial charge in [-0.15, -0.1) is 0 Å². The van der Waals surface area contributed by atoms with Crippen molar-refractivity contribution in [1.29, 1.82) is 0 Å². The predicted octanol–water partition coefficient (Wildman–Crippen LogP) is 2.67. The maximum absolute atomic E-state index is 13.9. The van der Waals surface area contributed by atoms with Gasteiger partial charge in [0.1, 0.15) is 5.82 Å². The minimum atomic E-state index is -0.299. The van der Waals surface area contributed by atoms with Crippen LogP contribution in [0.5, 0.6) is 0 Å². The summed E-state index contributed by atoms with van der Waals surface area (Å²) < 4.78 is 26.7. The van der Waals surface area contributed by atoms with Crippen LogP contribution in [0.15, 0.2) is 42.7 Å². The summed E-state index contributed by atoms with van der Waals surface area (Å²) in [6.07, 6.45) is 3.85. The number of aliphatic hydroxyl groups excluding tert-OH is 1. The molecule has 1 aromatic carbocycles. The zero-order valence-corrected chi connectivity index (χ0v) is 19.0. The summed E-state index contributed by atoms with van der Waals surface area (Å²) in [5, 5.41) is 12.9. The number of nitrogens with one attached hydrogen (secondary N) is 1. The molecule has 9 heteroatoms. The third-order valence-corrected chi connectivity index (χ3v) is 5.89. The van der Waals surface area contributed by atoms with E-state index in [1.807, 2.05) is 6.07 Å². The third kappa shape index (κ3) is 5.56. The Morgan fingerprint density at radius 1 is 1.18 bits per heavy atom. The largest absolute Gasteiger partial charge is 0.392 e. The second-order valence-corrected chi connectivity index (χ2v) is 8.14. The van der Waals surface area contributed by atoms with Gasteiger partial charge in [-0.25, -0.2) is 14.4 Å². The van der Waals surface area contributed by atoms with Gasteiger partial charge in [0.05, 0.1) is 31.6 Å². The molecule has 1 aliphatic rings. The van der Waals surface area contributed by atoms with E-state index in [0.29, 0.717) is 38.8 Å². The quantitative estimate of drug-likeness (QED) is 0.455. The normalized spacial score (nSPS) is 16.1. The molecule has 2 N–H and O–H groups in total. The van der Waals surface area contributed by atoms with Crippen LogP contribution in [0.3, 0.4) is 0 Å². The maximum Gasteiger partial charge on any atom is 0.223 e. The van der Waals surface area contributed by atoms with Crippen LogP contribution in [0.2, 0.25) is 0 Å². The van der Waals surface area contributed by atoms with Gasteiger partial charge in [0.15, 0.2) is 0 Å². The highest BCUT2D eigenvalue weighted by Crippen LogP contribution is 2.28. The Morgan fingerprint density at radius 3 is 2.85 bits per heavy atom. The fraction of sp³-hybridized carbons (Fsp3) is 0.417. The second-order valence-electron chi connectivity index (χ2n) is 8.14. The first-order chi connectivity index (χ1) is 16.1. The van der Waals surface area contributed by atoms with Gasteiger partial charge in [0, 0.05) is 64.0 Å². The Hall–Kier alpha value is -2.85. The third-order valence-electron chi connectivity index (χ3n) is 5.89. The molecule has 0 saturated heterocycles. The summed E-state index contributed by atoms with van der Waals surface area (Å²) in [5.74, 6) is 0.266. The highest BCUT2D eigenvalue weighted by Gasteiger charge is 2.27. The van der Waals surface area contributed by atoms with Crippen LogP contribution in [-0.4, -0.2) is 64.6 Å². The van der Waals surface area contributed by atoms with Gasteiger partial charge in [0.2, 0.25) is 5.95 Å². The van der Waals surface area contributed by atoms with Crippen LogP contribution in [0.25, 0.3) is 11.3 Å². The lowest BCUT2D eigenvalue weighted by molar-refractivity contribution is 0.0536. The van der Waals surface area contributed by atoms with Crippen molar-refractivity contribution in [2.45, 2.75) is 32.3 Å². The number of rotatable bonds is 10. The molecule has 3 heterocycles. The van der Waals surface area contributed by atoms with E-state index in [4.69, 9.17) is 9.47 Å². The average molecular weight is 456 g/mol. The minimum absolute atomic E-state index is 0.118. The molecular weight excluding hydrogens is 425 g/mol. The fourth-order valence-corrected chi connectivity index (χ4v) is 4.20. The van der Waals surface area contributed by atoms with Gasteiger partial charge in [-0.2, -0.15) is 0 Å². The van der Waals surface area contributed by atoms with Crippen molar-refractivity contribution in [3.63, 3.8) is 0 Å². The summed E-state index contributed by atoms with van der Waals surface area (Å²) in [4.78, 5) is 11.2. The fourth-order valence-electron chi connectivity index (χ4n) is 4.20. The first-order valence-corrected chi connectivity index (χ1v) is 11.0. The van der Waals surface area contributed by atoms with Gasteiger partial charge >= 0.3 is 0 Å². The Labute approximate surface area is 193 Å². The molecule has 3 aromatic rings. The van der Waals surface area contributed by atoms with Crippen LogP contribution in [-0.2, 0) is 35.7 Å². The first-order valence-electron chi connectivity index (χ1n) is 11.0. The smallest absolute Gasteiger partial charge is 0.223 e. The van der Waals surface area contributed by atoms with Crippen molar-refractivity contribution in [1.82, 2.24) is 19.4 Å². The van der Waals surface area contributed by atoms with E-state index in [0.717, 1.165) is 34.6 Å². The van der Waals surface area contributed by atoms with Gasteiger partial charge in [-0.1, -0.05) is 6.07 Å². The van der Waals surface area contributed by atoms with E-state index < -0.39 is 0 Å². The number of aromatic nitrogens is 3. The molecule has 0 bridgehead atoms. The van der Waals surface area contributed by atoms with Crippen molar-refractivity contribution in [2.75, 3.05) is 39.3 Å². The standard InChI is InChI=1S/C24H30FN5O3/c1-32-8-7-27-24-26-6-5-23(28-24)19-10-21-13-30(22(16-33-2)14-29(21)12-19)11-18-9-20(25)4-3-17(18)15-31/h3-6,9-10,12,22,31H,7-8,11,13-16H2,1-2H3,(H,26,27,28)/t22-/m1/s1. The van der Waals surface area contributed by atoms with Crippen LogP contribution >= 0.6 is 0 Å². The molecule has 2 aromatic heterocycles. The topological polar surface area (TPSA) is 84.7 Å². The first kappa shape index (κ1) is 23.3.